The van der Waals surface area contributed by atoms with Gasteiger partial charge in [-0.25, -0.2) is 4.98 Å². The van der Waals surface area contributed by atoms with E-state index in [1.807, 2.05) is 19.1 Å². The van der Waals surface area contributed by atoms with Crippen LogP contribution >= 0.6 is 11.3 Å². The summed E-state index contributed by atoms with van der Waals surface area (Å²) in [4.78, 5) is 42.9. The van der Waals surface area contributed by atoms with Crippen LogP contribution in [0.2, 0.25) is 0 Å². The molecule has 4 rings (SSSR count). The van der Waals surface area contributed by atoms with Gasteiger partial charge < -0.3 is 0 Å². The number of hydrogen-bond donors (Lipinski definition) is 0. The molecule has 1 unspecified atom stereocenters. The second kappa shape index (κ2) is 6.54. The molecule has 0 N–H and O–H groups in total. The Balaban J connectivity index is 1.73. The summed E-state index contributed by atoms with van der Waals surface area (Å²) in [7, 11) is 0. The van der Waals surface area contributed by atoms with Gasteiger partial charge in [0.15, 0.2) is 17.3 Å². The SMILES string of the molecule is CCc1sc(-c2ccc(C(C)=O)cc2)nc1C1C(=O)[C@@H]2CC[C@@H](C2)C1=O. The van der Waals surface area contributed by atoms with Crippen molar-refractivity contribution in [2.75, 3.05) is 0 Å². The van der Waals surface area contributed by atoms with Crippen LogP contribution in [0.4, 0.5) is 0 Å². The molecule has 1 aromatic heterocycles. The minimum Gasteiger partial charge on any atom is -0.298 e. The van der Waals surface area contributed by atoms with Crippen LogP contribution in [0.5, 0.6) is 0 Å². The van der Waals surface area contributed by atoms with E-state index in [0.29, 0.717) is 11.3 Å². The summed E-state index contributed by atoms with van der Waals surface area (Å²) in [5.41, 5.74) is 2.25. The maximum atomic E-state index is 12.8. The minimum absolute atomic E-state index is 0.0273. The number of fused-ring (bicyclic) bond motifs is 2. The monoisotopic (exact) mass is 367 g/mol. The summed E-state index contributed by atoms with van der Waals surface area (Å²) < 4.78 is 0. The van der Waals surface area contributed by atoms with Crippen molar-refractivity contribution in [2.24, 2.45) is 11.8 Å². The zero-order valence-electron chi connectivity index (χ0n) is 15.0. The third kappa shape index (κ3) is 2.75. The number of thiazole rings is 1. The van der Waals surface area contributed by atoms with Crippen LogP contribution in [0, 0.1) is 11.8 Å². The molecule has 0 amide bonds. The summed E-state index contributed by atoms with van der Waals surface area (Å²) in [5, 5.41) is 0.811. The van der Waals surface area contributed by atoms with Gasteiger partial charge in [0.1, 0.15) is 10.9 Å². The fraction of sp³-hybridized carbons (Fsp3) is 0.429. The van der Waals surface area contributed by atoms with E-state index in [-0.39, 0.29) is 29.2 Å². The zero-order valence-corrected chi connectivity index (χ0v) is 15.8. The maximum absolute atomic E-state index is 12.8. The van der Waals surface area contributed by atoms with Crippen LogP contribution in [0.25, 0.3) is 10.6 Å². The maximum Gasteiger partial charge on any atom is 0.159 e. The van der Waals surface area contributed by atoms with Crippen LogP contribution in [-0.2, 0) is 16.0 Å². The van der Waals surface area contributed by atoms with E-state index in [2.05, 4.69) is 0 Å². The van der Waals surface area contributed by atoms with Crippen LogP contribution in [0.15, 0.2) is 24.3 Å². The second-order valence-corrected chi connectivity index (χ2v) is 8.34. The van der Waals surface area contributed by atoms with E-state index in [1.54, 1.807) is 30.4 Å². The molecular formula is C21H21NO3S. The predicted octanol–water partition coefficient (Wildman–Crippen LogP) is 4.23. The minimum atomic E-state index is -0.669. The van der Waals surface area contributed by atoms with Gasteiger partial charge in [-0.3, -0.25) is 14.4 Å². The molecule has 1 aromatic carbocycles. The van der Waals surface area contributed by atoms with Gasteiger partial charge >= 0.3 is 0 Å². The standard InChI is InChI=1S/C21H21NO3S/c1-3-16-18(17-19(24)14-8-9-15(10-14)20(17)25)22-21(26-16)13-6-4-12(5-7-13)11(2)23/h4-7,14-15,17H,3,8-10H2,1-2H3/t14-,15+,17?. The lowest BCUT2D eigenvalue weighted by Gasteiger charge is -2.24. The van der Waals surface area contributed by atoms with E-state index < -0.39 is 5.92 Å². The van der Waals surface area contributed by atoms with Crippen LogP contribution in [0.1, 0.15) is 60.0 Å². The first-order valence-corrected chi connectivity index (χ1v) is 9.99. The van der Waals surface area contributed by atoms with Crippen molar-refractivity contribution in [3.63, 3.8) is 0 Å². The van der Waals surface area contributed by atoms with Gasteiger partial charge in [0.05, 0.1) is 5.69 Å². The lowest BCUT2D eigenvalue weighted by Crippen LogP contribution is -2.35. The molecule has 0 saturated heterocycles. The summed E-state index contributed by atoms with van der Waals surface area (Å²) in [5.74, 6) is -0.429. The Morgan fingerprint density at radius 3 is 2.27 bits per heavy atom. The van der Waals surface area contributed by atoms with Crippen molar-refractivity contribution in [3.05, 3.63) is 40.4 Å². The normalized spacial score (nSPS) is 24.9. The number of rotatable bonds is 4. The van der Waals surface area contributed by atoms with Gasteiger partial charge in [-0.05, 0) is 32.6 Å². The van der Waals surface area contributed by atoms with Crippen LogP contribution in [0.3, 0.4) is 0 Å². The first-order chi connectivity index (χ1) is 12.5. The molecule has 0 spiro atoms. The number of hydrogen-bond acceptors (Lipinski definition) is 5. The fourth-order valence-corrected chi connectivity index (χ4v) is 5.24. The molecule has 26 heavy (non-hydrogen) atoms. The number of ketones is 3. The molecule has 134 valence electrons. The Morgan fingerprint density at radius 2 is 1.73 bits per heavy atom. The largest absolute Gasteiger partial charge is 0.298 e. The van der Waals surface area contributed by atoms with Crippen molar-refractivity contribution < 1.29 is 14.4 Å². The lowest BCUT2D eigenvalue weighted by molar-refractivity contribution is -0.136. The first kappa shape index (κ1) is 17.3. The van der Waals surface area contributed by atoms with Gasteiger partial charge in [-0.1, -0.05) is 31.2 Å². The Labute approximate surface area is 156 Å². The van der Waals surface area contributed by atoms with Crippen LogP contribution in [-0.4, -0.2) is 22.3 Å². The van der Waals surface area contributed by atoms with E-state index in [0.717, 1.165) is 41.1 Å². The Bertz CT molecular complexity index is 874. The Morgan fingerprint density at radius 1 is 1.12 bits per heavy atom. The number of Topliss-reactive ketones (excluding diaryl/α,β-unsaturated/α-hetero) is 3. The zero-order chi connectivity index (χ0) is 18.4. The number of aromatic nitrogens is 1. The van der Waals surface area contributed by atoms with E-state index in [4.69, 9.17) is 4.98 Å². The van der Waals surface area contributed by atoms with Gasteiger partial charge in [-0.2, -0.15) is 0 Å². The van der Waals surface area contributed by atoms with E-state index >= 15 is 0 Å². The molecule has 3 atom stereocenters. The van der Waals surface area contributed by atoms with Crippen molar-refractivity contribution >= 4 is 28.7 Å². The molecular weight excluding hydrogens is 346 g/mol. The lowest BCUT2D eigenvalue weighted by atomic mass is 9.77. The number of carbonyl (C=O) groups excluding carboxylic acids is 3. The van der Waals surface area contributed by atoms with Crippen LogP contribution < -0.4 is 0 Å². The molecule has 1 heterocycles. The van der Waals surface area contributed by atoms with E-state index in [1.165, 1.54) is 0 Å². The van der Waals surface area contributed by atoms with Gasteiger partial charge in [0.2, 0.25) is 0 Å². The number of benzene rings is 1. The fourth-order valence-electron chi connectivity index (χ4n) is 4.19. The molecule has 2 aliphatic rings. The van der Waals surface area contributed by atoms with Gasteiger partial charge in [-0.15, -0.1) is 11.3 Å². The summed E-state index contributed by atoms with van der Waals surface area (Å²) in [6.07, 6.45) is 3.18. The van der Waals surface area contributed by atoms with Crippen molar-refractivity contribution in [3.8, 4) is 10.6 Å². The predicted molar refractivity (Wildman–Crippen MR) is 101 cm³/mol. The van der Waals surface area contributed by atoms with Crippen molar-refractivity contribution in [1.82, 2.24) is 4.98 Å². The molecule has 5 heteroatoms. The average Bonchev–Trinajstić information content (AvgIpc) is 3.26. The molecule has 2 aliphatic carbocycles. The smallest absolute Gasteiger partial charge is 0.159 e. The molecule has 2 bridgehead atoms. The highest BCUT2D eigenvalue weighted by molar-refractivity contribution is 7.15. The highest BCUT2D eigenvalue weighted by Gasteiger charge is 2.48. The summed E-state index contributed by atoms with van der Waals surface area (Å²) in [6.45, 7) is 3.58. The first-order valence-electron chi connectivity index (χ1n) is 9.18. The Kier molecular flexibility index (Phi) is 4.35. The van der Waals surface area contributed by atoms with Gasteiger partial charge in [0.25, 0.3) is 0 Å². The average molecular weight is 367 g/mol. The van der Waals surface area contributed by atoms with Crippen molar-refractivity contribution in [2.45, 2.75) is 45.4 Å². The van der Waals surface area contributed by atoms with Crippen molar-refractivity contribution in [1.29, 1.82) is 0 Å². The topological polar surface area (TPSA) is 64.1 Å². The van der Waals surface area contributed by atoms with Gasteiger partial charge in [0, 0.05) is 27.8 Å². The van der Waals surface area contributed by atoms with E-state index in [9.17, 15) is 14.4 Å². The Hall–Kier alpha value is -2.14. The molecule has 4 nitrogen and oxygen atoms in total. The molecule has 2 fully saturated rings. The molecule has 2 saturated carbocycles. The third-order valence-electron chi connectivity index (χ3n) is 5.67. The molecule has 2 aromatic rings. The number of aryl methyl sites for hydroxylation is 1. The summed E-state index contributed by atoms with van der Waals surface area (Å²) in [6, 6.07) is 7.35. The second-order valence-electron chi connectivity index (χ2n) is 7.26. The highest BCUT2D eigenvalue weighted by Crippen LogP contribution is 2.45. The highest BCUT2D eigenvalue weighted by atomic mass is 32.1. The third-order valence-corrected chi connectivity index (χ3v) is 6.93. The molecule has 0 aliphatic heterocycles. The number of nitrogens with zero attached hydrogens (tertiary/aromatic N) is 1. The quantitative estimate of drug-likeness (QED) is 0.599. The number of carbonyl (C=O) groups is 3. The molecule has 0 radical (unpaired) electrons. The summed E-state index contributed by atoms with van der Waals surface area (Å²) >= 11 is 1.55.